The van der Waals surface area contributed by atoms with E-state index in [4.69, 9.17) is 9.47 Å². The monoisotopic (exact) mass is 411 g/mol. The van der Waals surface area contributed by atoms with E-state index in [0.717, 1.165) is 12.1 Å². The van der Waals surface area contributed by atoms with Crippen molar-refractivity contribution in [1.82, 2.24) is 9.88 Å². The lowest BCUT2D eigenvalue weighted by molar-refractivity contribution is -0.137. The number of hydrogen-bond acceptors (Lipinski definition) is 5. The van der Waals surface area contributed by atoms with Gasteiger partial charge in [-0.2, -0.15) is 13.2 Å². The quantitative estimate of drug-likeness (QED) is 0.575. The maximum atomic E-state index is 12.9. The van der Waals surface area contributed by atoms with Gasteiger partial charge in [0.25, 0.3) is 5.91 Å². The number of halogens is 4. The van der Waals surface area contributed by atoms with E-state index < -0.39 is 23.5 Å². The van der Waals surface area contributed by atoms with Crippen LogP contribution in [0.4, 0.5) is 23.2 Å². The Morgan fingerprint density at radius 1 is 1.24 bits per heavy atom. The minimum atomic E-state index is -4.45. The average molecular weight is 411 g/mol. The Morgan fingerprint density at radius 2 is 1.90 bits per heavy atom. The highest BCUT2D eigenvalue weighted by atomic mass is 19.4. The fraction of sp³-hybridized carbons (Fsp3) is 0.263. The van der Waals surface area contributed by atoms with Crippen molar-refractivity contribution in [2.45, 2.75) is 12.2 Å². The summed E-state index contributed by atoms with van der Waals surface area (Å²) in [5, 5.41) is 3.11. The molecule has 1 aliphatic heterocycles. The molecule has 29 heavy (non-hydrogen) atoms. The first kappa shape index (κ1) is 20.4. The Hall–Kier alpha value is -3.30. The van der Waals surface area contributed by atoms with Crippen molar-refractivity contribution in [3.8, 4) is 17.4 Å². The molecule has 1 saturated heterocycles. The molecule has 1 aromatic heterocycles. The lowest BCUT2D eigenvalue weighted by Crippen LogP contribution is -2.57. The molecule has 2 aromatic rings. The van der Waals surface area contributed by atoms with Crippen LogP contribution in [0.25, 0.3) is 0 Å². The van der Waals surface area contributed by atoms with Gasteiger partial charge in [-0.25, -0.2) is 9.37 Å². The first-order chi connectivity index (χ1) is 13.7. The van der Waals surface area contributed by atoms with Gasteiger partial charge in [-0.15, -0.1) is 0 Å². The third kappa shape index (κ3) is 4.58. The summed E-state index contributed by atoms with van der Waals surface area (Å²) < 4.78 is 61.9. The Labute approximate surface area is 163 Å². The number of ether oxygens (including phenoxy) is 2. The van der Waals surface area contributed by atoms with Crippen LogP contribution in [0.3, 0.4) is 0 Å². The second-order valence-electron chi connectivity index (χ2n) is 6.27. The summed E-state index contributed by atoms with van der Waals surface area (Å²) in [6, 6.07) is 5.54. The van der Waals surface area contributed by atoms with Crippen molar-refractivity contribution >= 4 is 11.6 Å². The summed E-state index contributed by atoms with van der Waals surface area (Å²) in [4.78, 5) is 16.9. The lowest BCUT2D eigenvalue weighted by atomic mass is 10.1. The summed E-state index contributed by atoms with van der Waals surface area (Å²) in [6.45, 7) is 3.45. The lowest BCUT2D eigenvalue weighted by Gasteiger charge is -2.39. The number of nitrogens with one attached hydrogen (secondary N) is 1. The van der Waals surface area contributed by atoms with Crippen LogP contribution in [0.5, 0.6) is 17.4 Å². The minimum Gasteiger partial charge on any atom is -0.494 e. The molecule has 1 fully saturated rings. The number of carbonyl (C=O) groups is 1. The maximum Gasteiger partial charge on any atom is 0.416 e. The van der Waals surface area contributed by atoms with Gasteiger partial charge in [0.2, 0.25) is 5.88 Å². The van der Waals surface area contributed by atoms with Crippen molar-refractivity contribution in [3.05, 3.63) is 54.5 Å². The van der Waals surface area contributed by atoms with E-state index in [1.54, 1.807) is 6.07 Å². The van der Waals surface area contributed by atoms with Gasteiger partial charge in [0.15, 0.2) is 5.83 Å². The molecule has 0 atom stereocenters. The summed E-state index contributed by atoms with van der Waals surface area (Å²) in [6.07, 6.45) is -3.02. The molecule has 0 bridgehead atoms. The number of methoxy groups -OCH3 is 1. The molecule has 10 heteroatoms. The Kier molecular flexibility index (Phi) is 5.62. The smallest absolute Gasteiger partial charge is 0.416 e. The standard InChI is InChI=1S/C19H17F4N3O3/c1-11(20)18(27)26-9-13(10-26)25-16-15(28-2)7-8-24-17(16)29-14-5-3-12(4-6-14)19(21,22)23/h3-8,13,25H,1,9-10H2,2H3. The number of aromatic nitrogens is 1. The van der Waals surface area contributed by atoms with Crippen LogP contribution in [0.15, 0.2) is 48.9 Å². The Bertz CT molecular complexity index is 910. The van der Waals surface area contributed by atoms with Crippen LogP contribution in [-0.4, -0.2) is 42.0 Å². The molecule has 1 aliphatic rings. The first-order valence-corrected chi connectivity index (χ1v) is 8.47. The van der Waals surface area contributed by atoms with Crippen molar-refractivity contribution in [1.29, 1.82) is 0 Å². The van der Waals surface area contributed by atoms with E-state index in [1.165, 1.54) is 30.3 Å². The predicted octanol–water partition coefficient (Wildman–Crippen LogP) is 4.01. The molecule has 0 aliphatic carbocycles. The number of benzene rings is 1. The van der Waals surface area contributed by atoms with E-state index in [9.17, 15) is 22.4 Å². The summed E-state index contributed by atoms with van der Waals surface area (Å²) in [5.74, 6) is -1.18. The third-order valence-electron chi connectivity index (χ3n) is 4.24. The number of amides is 1. The maximum absolute atomic E-state index is 12.9. The molecule has 1 amide bonds. The number of pyridine rings is 1. The zero-order chi connectivity index (χ0) is 21.2. The van der Waals surface area contributed by atoms with Crippen LogP contribution in [0.1, 0.15) is 5.56 Å². The highest BCUT2D eigenvalue weighted by Gasteiger charge is 2.33. The summed E-state index contributed by atoms with van der Waals surface area (Å²) in [7, 11) is 1.44. The van der Waals surface area contributed by atoms with E-state index in [1.807, 2.05) is 0 Å². The highest BCUT2D eigenvalue weighted by molar-refractivity contribution is 5.91. The van der Waals surface area contributed by atoms with E-state index in [0.29, 0.717) is 11.4 Å². The van der Waals surface area contributed by atoms with Crippen molar-refractivity contribution in [2.24, 2.45) is 0 Å². The zero-order valence-corrected chi connectivity index (χ0v) is 15.3. The predicted molar refractivity (Wildman–Crippen MR) is 96.5 cm³/mol. The van der Waals surface area contributed by atoms with Crippen molar-refractivity contribution in [2.75, 3.05) is 25.5 Å². The highest BCUT2D eigenvalue weighted by Crippen LogP contribution is 2.37. The summed E-state index contributed by atoms with van der Waals surface area (Å²) >= 11 is 0. The number of nitrogens with zero attached hydrogens (tertiary/aromatic N) is 2. The van der Waals surface area contributed by atoms with Gasteiger partial charge in [0.05, 0.1) is 18.7 Å². The number of likely N-dealkylation sites (tertiary alicyclic amines) is 1. The van der Waals surface area contributed by atoms with Gasteiger partial charge in [0, 0.05) is 25.4 Å². The molecule has 0 saturated carbocycles. The number of rotatable bonds is 6. The number of hydrogen-bond donors (Lipinski definition) is 1. The molecular formula is C19H17F4N3O3. The minimum absolute atomic E-state index is 0.0868. The van der Waals surface area contributed by atoms with Gasteiger partial charge in [-0.1, -0.05) is 6.58 Å². The average Bonchev–Trinajstić information content (AvgIpc) is 2.64. The fourth-order valence-electron chi connectivity index (χ4n) is 2.74. The SMILES string of the molecule is C=C(F)C(=O)N1CC(Nc2c(OC)ccnc2Oc2ccc(C(F)(F)F)cc2)C1. The molecule has 1 aromatic carbocycles. The fourth-order valence-corrected chi connectivity index (χ4v) is 2.74. The number of alkyl halides is 3. The molecule has 2 heterocycles. The topological polar surface area (TPSA) is 63.7 Å². The summed E-state index contributed by atoms with van der Waals surface area (Å²) in [5.41, 5.74) is -0.429. The second kappa shape index (κ2) is 7.98. The van der Waals surface area contributed by atoms with Gasteiger partial charge < -0.3 is 19.7 Å². The van der Waals surface area contributed by atoms with Crippen molar-refractivity contribution in [3.63, 3.8) is 0 Å². The molecule has 1 N–H and O–H groups in total. The first-order valence-electron chi connectivity index (χ1n) is 8.47. The van der Waals surface area contributed by atoms with Gasteiger partial charge in [0.1, 0.15) is 17.2 Å². The number of anilines is 1. The third-order valence-corrected chi connectivity index (χ3v) is 4.24. The van der Waals surface area contributed by atoms with E-state index in [2.05, 4.69) is 16.9 Å². The molecule has 0 radical (unpaired) electrons. The molecule has 154 valence electrons. The molecule has 0 unspecified atom stereocenters. The van der Waals surface area contributed by atoms with Crippen molar-refractivity contribution < 1.29 is 31.8 Å². The molecule has 0 spiro atoms. The van der Waals surface area contributed by atoms with Gasteiger partial charge >= 0.3 is 6.18 Å². The normalized spacial score (nSPS) is 14.2. The second-order valence-corrected chi connectivity index (χ2v) is 6.27. The molecule has 6 nitrogen and oxygen atoms in total. The molecule has 3 rings (SSSR count). The van der Waals surface area contributed by atoms with E-state index in [-0.39, 0.29) is 30.8 Å². The van der Waals surface area contributed by atoms with E-state index >= 15 is 0 Å². The Morgan fingerprint density at radius 3 is 2.45 bits per heavy atom. The van der Waals surface area contributed by atoms with Gasteiger partial charge in [-0.05, 0) is 24.3 Å². The van der Waals surface area contributed by atoms with Crippen LogP contribution in [0.2, 0.25) is 0 Å². The zero-order valence-electron chi connectivity index (χ0n) is 15.3. The Balaban J connectivity index is 1.75. The number of carbonyl (C=O) groups excluding carboxylic acids is 1. The van der Waals surface area contributed by atoms with Gasteiger partial charge in [-0.3, -0.25) is 4.79 Å². The molecular weight excluding hydrogens is 394 g/mol. The van der Waals surface area contributed by atoms with Crippen LogP contribution >= 0.6 is 0 Å². The largest absolute Gasteiger partial charge is 0.494 e. The van der Waals surface area contributed by atoms with Crippen LogP contribution in [-0.2, 0) is 11.0 Å². The van der Waals surface area contributed by atoms with Crippen LogP contribution < -0.4 is 14.8 Å². The van der Waals surface area contributed by atoms with Crippen LogP contribution in [0, 0.1) is 0 Å².